The Labute approximate surface area is 194 Å². The Hall–Kier alpha value is -4.99. The molecule has 0 aliphatic rings. The number of nitrogens with zero attached hydrogens (tertiary/aromatic N) is 4. The number of nitrogens with one attached hydrogen (secondary N) is 1. The fourth-order valence-corrected chi connectivity index (χ4v) is 3.21. The average molecular weight is 456 g/mol. The van der Waals surface area contributed by atoms with E-state index in [1.165, 1.54) is 18.2 Å². The summed E-state index contributed by atoms with van der Waals surface area (Å²) in [7, 11) is 1.57. The molecule has 170 valence electrons. The van der Waals surface area contributed by atoms with Crippen LogP contribution in [0.25, 0.3) is 22.5 Å². The first kappa shape index (κ1) is 22.2. The van der Waals surface area contributed by atoms with E-state index in [2.05, 4.69) is 20.3 Å². The maximum atomic E-state index is 11.6. The van der Waals surface area contributed by atoms with Gasteiger partial charge in [0.05, 0.1) is 29.0 Å². The molecule has 10 nitrogen and oxygen atoms in total. The van der Waals surface area contributed by atoms with Gasteiger partial charge in [-0.15, -0.1) is 0 Å². The Kier molecular flexibility index (Phi) is 6.31. The van der Waals surface area contributed by atoms with Crippen molar-refractivity contribution < 1.29 is 14.8 Å². The third-order valence-electron chi connectivity index (χ3n) is 4.84. The zero-order valence-electron chi connectivity index (χ0n) is 18.0. The Balaban J connectivity index is 1.79. The number of hydrogen-bond acceptors (Lipinski definition) is 7. The molecule has 0 fully saturated rings. The van der Waals surface area contributed by atoms with Gasteiger partial charge in [0, 0.05) is 17.3 Å². The molecule has 0 amide bonds. The molecule has 0 atom stereocenters. The monoisotopic (exact) mass is 456 g/mol. The lowest BCUT2D eigenvalue weighted by Gasteiger charge is -2.09. The SMILES string of the molecule is COc1ccc(-c2cc(-c3ccccc3[N+](=O)[O-])nc(N=C(N)Nc3ccc(O)cc3)n2)cc1. The lowest BCUT2D eigenvalue weighted by molar-refractivity contribution is -0.384. The van der Waals surface area contributed by atoms with Crippen LogP contribution in [0.3, 0.4) is 0 Å². The summed E-state index contributed by atoms with van der Waals surface area (Å²) in [5, 5.41) is 23.9. The molecule has 0 aliphatic heterocycles. The Morgan fingerprint density at radius 1 is 1.03 bits per heavy atom. The number of phenols is 1. The zero-order valence-corrected chi connectivity index (χ0v) is 18.0. The fraction of sp³-hybridized carbons (Fsp3) is 0.0417. The number of nitrogens with two attached hydrogens (primary N) is 1. The number of nitro groups is 1. The highest BCUT2D eigenvalue weighted by Crippen LogP contribution is 2.32. The van der Waals surface area contributed by atoms with Crippen molar-refractivity contribution in [1.82, 2.24) is 9.97 Å². The van der Waals surface area contributed by atoms with Gasteiger partial charge in [-0.2, -0.15) is 4.99 Å². The summed E-state index contributed by atoms with van der Waals surface area (Å²) in [6.07, 6.45) is 0. The number of aromatic hydroxyl groups is 1. The number of phenolic OH excluding ortho intramolecular Hbond substituents is 1. The topological polar surface area (TPSA) is 149 Å². The van der Waals surface area contributed by atoms with Crippen molar-refractivity contribution in [3.05, 3.63) is 89.0 Å². The molecule has 0 spiro atoms. The van der Waals surface area contributed by atoms with Crippen molar-refractivity contribution in [3.63, 3.8) is 0 Å². The number of methoxy groups -OCH3 is 1. The summed E-state index contributed by atoms with van der Waals surface area (Å²) in [5.41, 5.74) is 8.44. The van der Waals surface area contributed by atoms with Crippen LogP contribution in [0.1, 0.15) is 0 Å². The van der Waals surface area contributed by atoms with Crippen molar-refractivity contribution in [2.75, 3.05) is 12.4 Å². The molecular weight excluding hydrogens is 436 g/mol. The molecule has 4 aromatic rings. The van der Waals surface area contributed by atoms with Gasteiger partial charge in [-0.1, -0.05) is 12.1 Å². The third-order valence-corrected chi connectivity index (χ3v) is 4.84. The maximum Gasteiger partial charge on any atom is 0.278 e. The minimum absolute atomic E-state index is 0.00563. The molecule has 0 unspecified atom stereocenters. The van der Waals surface area contributed by atoms with Crippen LogP contribution < -0.4 is 15.8 Å². The predicted octanol–water partition coefficient (Wildman–Crippen LogP) is 4.49. The van der Waals surface area contributed by atoms with Gasteiger partial charge in [0.15, 0.2) is 0 Å². The number of benzene rings is 3. The number of anilines is 1. The van der Waals surface area contributed by atoms with E-state index in [0.29, 0.717) is 28.4 Å². The molecule has 1 aromatic heterocycles. The van der Waals surface area contributed by atoms with E-state index in [4.69, 9.17) is 10.5 Å². The molecule has 3 aromatic carbocycles. The van der Waals surface area contributed by atoms with E-state index in [9.17, 15) is 15.2 Å². The van der Waals surface area contributed by atoms with Gasteiger partial charge in [0.1, 0.15) is 11.5 Å². The molecule has 10 heteroatoms. The van der Waals surface area contributed by atoms with Crippen LogP contribution >= 0.6 is 0 Å². The Morgan fingerprint density at radius 3 is 2.38 bits per heavy atom. The number of aliphatic imine (C=N–C) groups is 1. The summed E-state index contributed by atoms with van der Waals surface area (Å²) >= 11 is 0. The molecule has 1 heterocycles. The van der Waals surface area contributed by atoms with Gasteiger partial charge in [-0.25, -0.2) is 9.97 Å². The van der Waals surface area contributed by atoms with Crippen molar-refractivity contribution in [3.8, 4) is 34.0 Å². The van der Waals surface area contributed by atoms with E-state index >= 15 is 0 Å². The van der Waals surface area contributed by atoms with E-state index in [1.807, 2.05) is 12.1 Å². The summed E-state index contributed by atoms with van der Waals surface area (Å²) in [6, 6.07) is 21.4. The zero-order chi connectivity index (χ0) is 24.1. The first-order valence-corrected chi connectivity index (χ1v) is 10.1. The molecule has 0 saturated heterocycles. The minimum atomic E-state index is -0.464. The van der Waals surface area contributed by atoms with Gasteiger partial charge >= 0.3 is 0 Å². The van der Waals surface area contributed by atoms with Crippen molar-refractivity contribution >= 4 is 23.3 Å². The van der Waals surface area contributed by atoms with Gasteiger partial charge in [-0.3, -0.25) is 10.1 Å². The first-order valence-electron chi connectivity index (χ1n) is 10.1. The Morgan fingerprint density at radius 2 is 1.71 bits per heavy atom. The van der Waals surface area contributed by atoms with Gasteiger partial charge < -0.3 is 20.9 Å². The largest absolute Gasteiger partial charge is 0.508 e. The maximum absolute atomic E-state index is 11.6. The second kappa shape index (κ2) is 9.65. The van der Waals surface area contributed by atoms with Crippen molar-refractivity contribution in [2.45, 2.75) is 0 Å². The van der Waals surface area contributed by atoms with Crippen LogP contribution in [-0.2, 0) is 0 Å². The highest BCUT2D eigenvalue weighted by atomic mass is 16.6. The molecule has 0 bridgehead atoms. The van der Waals surface area contributed by atoms with Gasteiger partial charge in [0.25, 0.3) is 11.6 Å². The number of ether oxygens (including phenoxy) is 1. The number of hydrogen-bond donors (Lipinski definition) is 3. The lowest BCUT2D eigenvalue weighted by atomic mass is 10.1. The van der Waals surface area contributed by atoms with Crippen LogP contribution in [0.2, 0.25) is 0 Å². The second-order valence-electron chi connectivity index (χ2n) is 7.11. The number of nitro benzene ring substituents is 1. The van der Waals surface area contributed by atoms with Crippen LogP contribution in [0.4, 0.5) is 17.3 Å². The summed E-state index contributed by atoms with van der Waals surface area (Å²) in [4.78, 5) is 24.3. The number of rotatable bonds is 6. The van der Waals surface area contributed by atoms with Gasteiger partial charge in [-0.05, 0) is 60.7 Å². The predicted molar refractivity (Wildman–Crippen MR) is 129 cm³/mol. The first-order chi connectivity index (χ1) is 16.4. The lowest BCUT2D eigenvalue weighted by Crippen LogP contribution is -2.22. The van der Waals surface area contributed by atoms with Gasteiger partial charge in [0.2, 0.25) is 5.96 Å². The third kappa shape index (κ3) is 5.07. The number of aromatic nitrogens is 2. The van der Waals surface area contributed by atoms with Crippen LogP contribution in [0.15, 0.2) is 83.9 Å². The normalized spacial score (nSPS) is 11.1. The standard InChI is InChI=1S/C24H20N6O4/c1-34-18-12-6-15(7-13-18)20-14-21(19-4-2-3-5-22(19)30(32)33)28-24(27-20)29-23(25)26-16-8-10-17(31)11-9-16/h2-14,31H,1H3,(H3,25,26,27,28,29). The molecule has 4 N–H and O–H groups in total. The molecule has 0 saturated carbocycles. The summed E-state index contributed by atoms with van der Waals surface area (Å²) in [5.74, 6) is 0.819. The second-order valence-corrected chi connectivity index (χ2v) is 7.11. The van der Waals surface area contributed by atoms with E-state index in [0.717, 1.165) is 5.56 Å². The minimum Gasteiger partial charge on any atom is -0.508 e. The van der Waals surface area contributed by atoms with Crippen LogP contribution in [0, 0.1) is 10.1 Å². The van der Waals surface area contributed by atoms with E-state index in [-0.39, 0.29) is 23.3 Å². The fourth-order valence-electron chi connectivity index (χ4n) is 3.21. The van der Waals surface area contributed by atoms with Crippen molar-refractivity contribution in [2.24, 2.45) is 10.7 Å². The van der Waals surface area contributed by atoms with E-state index < -0.39 is 4.92 Å². The molecular formula is C24H20N6O4. The summed E-state index contributed by atoms with van der Waals surface area (Å²) < 4.78 is 5.21. The Bertz CT molecular complexity index is 1360. The molecule has 0 radical (unpaired) electrons. The van der Waals surface area contributed by atoms with Crippen LogP contribution in [0.5, 0.6) is 11.5 Å². The smallest absolute Gasteiger partial charge is 0.278 e. The number of guanidine groups is 1. The number of para-hydroxylation sites is 1. The van der Waals surface area contributed by atoms with Crippen molar-refractivity contribution in [1.29, 1.82) is 0 Å². The highest BCUT2D eigenvalue weighted by Gasteiger charge is 2.18. The highest BCUT2D eigenvalue weighted by molar-refractivity contribution is 5.93. The summed E-state index contributed by atoms with van der Waals surface area (Å²) in [6.45, 7) is 0. The quantitative estimate of drug-likeness (QED) is 0.126. The molecule has 34 heavy (non-hydrogen) atoms. The molecule has 4 rings (SSSR count). The molecule has 0 aliphatic carbocycles. The van der Waals surface area contributed by atoms with Crippen LogP contribution in [-0.4, -0.2) is 33.1 Å². The van der Waals surface area contributed by atoms with E-state index in [1.54, 1.807) is 55.6 Å². The average Bonchev–Trinajstić information content (AvgIpc) is 2.85.